The summed E-state index contributed by atoms with van der Waals surface area (Å²) in [6.45, 7) is 0. The Morgan fingerprint density at radius 1 is 0.882 bits per heavy atom. The van der Waals surface area contributed by atoms with Crippen LogP contribution in [0.5, 0.6) is 0 Å². The molecule has 0 aromatic rings. The molecule has 2 aliphatic rings. The van der Waals surface area contributed by atoms with Crippen LogP contribution in [0, 0.1) is 0 Å². The fourth-order valence-electron chi connectivity index (χ4n) is 0.702. The summed E-state index contributed by atoms with van der Waals surface area (Å²) in [5.74, 6) is -1.51. The Morgan fingerprint density at radius 3 is 1.35 bits per heavy atom. The van der Waals surface area contributed by atoms with Gasteiger partial charge in [0.25, 0.3) is 0 Å². The van der Waals surface area contributed by atoms with Crippen molar-refractivity contribution in [2.45, 2.75) is 10.5 Å². The second-order valence-electron chi connectivity index (χ2n) is 2.56. The van der Waals surface area contributed by atoms with Gasteiger partial charge in [-0.3, -0.25) is 9.59 Å². The number of hydrogen-bond donors (Lipinski definition) is 2. The van der Waals surface area contributed by atoms with Crippen LogP contribution in [0.2, 0.25) is 0 Å². The van der Waals surface area contributed by atoms with Gasteiger partial charge in [-0.25, -0.2) is 0 Å². The molecule has 0 amide bonds. The van der Waals surface area contributed by atoms with Crippen LogP contribution in [0.1, 0.15) is 0 Å². The van der Waals surface area contributed by atoms with Crippen LogP contribution in [-0.4, -0.2) is 32.7 Å². The van der Waals surface area contributed by atoms with E-state index in [0.29, 0.717) is 0 Å². The van der Waals surface area contributed by atoms with Gasteiger partial charge in [-0.05, 0) is 10.8 Å². The largest absolute Gasteiger partial charge is 0.480 e. The topological polar surface area (TPSA) is 74.6 Å². The number of carboxylic acids is 2. The van der Waals surface area contributed by atoms with E-state index in [9.17, 15) is 9.59 Å². The Hall–Kier alpha value is 0.326. The maximum atomic E-state index is 10.1. The number of carboxylic acid groups (broad SMARTS) is 2. The van der Waals surface area contributed by atoms with Crippen LogP contribution in [-0.2, 0) is 26.4 Å². The summed E-state index contributed by atoms with van der Waals surface area (Å²) in [6.07, 6.45) is 3.36. The molecular formula is C8H8CoO4S4. The van der Waals surface area contributed by atoms with Gasteiger partial charge in [0.15, 0.2) is 0 Å². The Balaban J connectivity index is 0.000000284. The molecule has 0 aromatic heterocycles. The van der Waals surface area contributed by atoms with E-state index in [1.54, 1.807) is 23.0 Å². The molecule has 2 atom stereocenters. The van der Waals surface area contributed by atoms with Crippen LogP contribution in [0.3, 0.4) is 0 Å². The molecule has 0 saturated heterocycles. The third-order valence-corrected chi connectivity index (χ3v) is 5.89. The predicted molar refractivity (Wildman–Crippen MR) is 71.5 cm³/mol. The first-order valence-corrected chi connectivity index (χ1v) is 8.59. The molecular weight excluding hydrogens is 347 g/mol. The van der Waals surface area contributed by atoms with Crippen molar-refractivity contribution < 1.29 is 36.6 Å². The summed E-state index contributed by atoms with van der Waals surface area (Å²) >= 11 is 0. The fourth-order valence-corrected chi connectivity index (χ4v) is 4.53. The molecule has 4 nitrogen and oxygen atoms in total. The molecule has 0 aromatic carbocycles. The first-order valence-electron chi connectivity index (χ1n) is 4.04. The number of hydrogen-bond acceptors (Lipinski definition) is 6. The zero-order chi connectivity index (χ0) is 12.0. The summed E-state index contributed by atoms with van der Waals surface area (Å²) in [5, 5.41) is 19.6. The van der Waals surface area contributed by atoms with Gasteiger partial charge in [0.05, 0.1) is 0 Å². The van der Waals surface area contributed by atoms with Gasteiger partial charge in [0.1, 0.15) is 10.5 Å². The van der Waals surface area contributed by atoms with E-state index >= 15 is 0 Å². The molecule has 0 fully saturated rings. The van der Waals surface area contributed by atoms with E-state index in [-0.39, 0.29) is 27.3 Å². The minimum absolute atomic E-state index is 0. The third kappa shape index (κ3) is 6.72. The zero-order valence-electron chi connectivity index (χ0n) is 8.14. The molecule has 2 rings (SSSR count). The Morgan fingerprint density at radius 2 is 1.24 bits per heavy atom. The van der Waals surface area contributed by atoms with Crippen LogP contribution < -0.4 is 0 Å². The molecule has 0 aliphatic carbocycles. The second kappa shape index (κ2) is 9.28. The van der Waals surface area contributed by atoms with Crippen LogP contribution in [0.25, 0.3) is 0 Å². The maximum absolute atomic E-state index is 10.1. The normalized spacial score (nSPS) is 24.7. The average molecular weight is 355 g/mol. The fraction of sp³-hybridized carbons (Fsp3) is 0.250. The van der Waals surface area contributed by atoms with Crippen molar-refractivity contribution in [3.63, 3.8) is 0 Å². The predicted octanol–water partition coefficient (Wildman–Crippen LogP) is 2.69. The molecule has 0 spiro atoms. The van der Waals surface area contributed by atoms with E-state index < -0.39 is 11.9 Å². The smallest absolute Gasteiger partial charge is 0.321 e. The summed E-state index contributed by atoms with van der Waals surface area (Å²) < 4.78 is 0. The van der Waals surface area contributed by atoms with Gasteiger partial charge in [0.2, 0.25) is 0 Å². The molecule has 97 valence electrons. The Bertz CT molecular complexity index is 301. The van der Waals surface area contributed by atoms with E-state index in [0.717, 1.165) is 0 Å². The number of carbonyl (C=O) groups is 2. The van der Waals surface area contributed by atoms with Crippen molar-refractivity contribution in [3.8, 4) is 0 Å². The van der Waals surface area contributed by atoms with Gasteiger partial charge in [-0.15, -0.1) is 0 Å². The number of rotatable bonds is 2. The second-order valence-corrected chi connectivity index (χ2v) is 7.20. The number of aliphatic carboxylic acids is 2. The minimum atomic E-state index is -0.753. The molecule has 0 bridgehead atoms. The monoisotopic (exact) mass is 355 g/mol. The van der Waals surface area contributed by atoms with Crippen LogP contribution >= 0.6 is 43.2 Å². The molecule has 1 radical (unpaired) electrons. The van der Waals surface area contributed by atoms with E-state index in [1.165, 1.54) is 43.2 Å². The standard InChI is InChI=1S/2C4H4O2S2.Co/c2*5-4(6)3-1-2-7-8-3;/h2*1-3H,(H,5,6);. The van der Waals surface area contributed by atoms with E-state index in [4.69, 9.17) is 10.2 Å². The van der Waals surface area contributed by atoms with E-state index in [1.807, 2.05) is 0 Å². The van der Waals surface area contributed by atoms with Crippen molar-refractivity contribution in [1.82, 2.24) is 0 Å². The Kier molecular flexibility index (Phi) is 9.46. The SMILES string of the molecule is O=C(O)C1C=CSS1.O=C(O)C1C=CSS1.[Co]. The molecule has 2 unspecified atom stereocenters. The van der Waals surface area contributed by atoms with Gasteiger partial charge in [-0.1, -0.05) is 55.3 Å². The third-order valence-electron chi connectivity index (χ3n) is 1.42. The zero-order valence-corrected chi connectivity index (χ0v) is 12.4. The van der Waals surface area contributed by atoms with Crippen LogP contribution in [0.15, 0.2) is 23.0 Å². The van der Waals surface area contributed by atoms with Crippen molar-refractivity contribution in [1.29, 1.82) is 0 Å². The summed E-state index contributed by atoms with van der Waals surface area (Å²) in [6, 6.07) is 0. The molecule has 2 N–H and O–H groups in total. The first-order chi connectivity index (χ1) is 7.61. The van der Waals surface area contributed by atoms with Crippen molar-refractivity contribution in [2.75, 3.05) is 0 Å². The molecule has 0 saturated carbocycles. The maximum Gasteiger partial charge on any atom is 0.321 e. The molecule has 2 heterocycles. The van der Waals surface area contributed by atoms with Crippen molar-refractivity contribution in [3.05, 3.63) is 23.0 Å². The molecule has 17 heavy (non-hydrogen) atoms. The molecule has 9 heteroatoms. The van der Waals surface area contributed by atoms with Gasteiger partial charge >= 0.3 is 11.9 Å². The van der Waals surface area contributed by atoms with Gasteiger partial charge in [0, 0.05) is 16.8 Å². The average Bonchev–Trinajstić information content (AvgIpc) is 2.93. The summed E-state index contributed by atoms with van der Waals surface area (Å²) in [4.78, 5) is 20.2. The van der Waals surface area contributed by atoms with Gasteiger partial charge in [-0.2, -0.15) is 0 Å². The van der Waals surface area contributed by atoms with Gasteiger partial charge < -0.3 is 10.2 Å². The summed E-state index contributed by atoms with van der Waals surface area (Å²) in [7, 11) is 5.64. The van der Waals surface area contributed by atoms with Crippen LogP contribution in [0.4, 0.5) is 0 Å². The summed E-state index contributed by atoms with van der Waals surface area (Å²) in [5.41, 5.74) is 0. The molecule has 2 aliphatic heterocycles. The minimum Gasteiger partial charge on any atom is -0.480 e. The van der Waals surface area contributed by atoms with Crippen molar-refractivity contribution in [2.24, 2.45) is 0 Å². The van der Waals surface area contributed by atoms with Crippen molar-refractivity contribution >= 4 is 55.1 Å². The quantitative estimate of drug-likeness (QED) is 0.733. The Labute approximate surface area is 124 Å². The first kappa shape index (κ1) is 17.3. The van der Waals surface area contributed by atoms with E-state index in [2.05, 4.69) is 0 Å².